The van der Waals surface area contributed by atoms with Gasteiger partial charge in [-0.25, -0.2) is 4.39 Å². The number of rotatable bonds is 4. The summed E-state index contributed by atoms with van der Waals surface area (Å²) in [6, 6.07) is 14.5. The lowest BCUT2D eigenvalue weighted by atomic mass is 10.1. The van der Waals surface area contributed by atoms with Gasteiger partial charge in [0.15, 0.2) is 0 Å². The minimum absolute atomic E-state index is 0.204. The maximum absolute atomic E-state index is 12.8. The summed E-state index contributed by atoms with van der Waals surface area (Å²) >= 11 is 5.85. The highest BCUT2D eigenvalue weighted by atomic mass is 35.5. The highest BCUT2D eigenvalue weighted by molar-refractivity contribution is 6.30. The van der Waals surface area contributed by atoms with Gasteiger partial charge in [-0.2, -0.15) is 0 Å². The van der Waals surface area contributed by atoms with Crippen molar-refractivity contribution in [3.05, 3.63) is 70.5 Å². The third-order valence-electron chi connectivity index (χ3n) is 2.90. The first kappa shape index (κ1) is 13.1. The van der Waals surface area contributed by atoms with Crippen LogP contribution in [0.25, 0.3) is 0 Å². The van der Waals surface area contributed by atoms with Crippen LogP contribution in [0, 0.1) is 5.82 Å². The third kappa shape index (κ3) is 3.56. The summed E-state index contributed by atoms with van der Waals surface area (Å²) in [4.78, 5) is 0. The van der Waals surface area contributed by atoms with Crippen molar-refractivity contribution in [1.29, 1.82) is 0 Å². The molecule has 1 nitrogen and oxygen atoms in total. The van der Waals surface area contributed by atoms with Crippen molar-refractivity contribution >= 4 is 11.6 Å². The lowest BCUT2D eigenvalue weighted by Crippen LogP contribution is -2.17. The van der Waals surface area contributed by atoms with Gasteiger partial charge in [-0.3, -0.25) is 0 Å². The maximum Gasteiger partial charge on any atom is 0.123 e. The van der Waals surface area contributed by atoms with Gasteiger partial charge in [0.1, 0.15) is 5.82 Å². The molecule has 1 atom stereocenters. The molecule has 1 N–H and O–H groups in total. The Morgan fingerprint density at radius 2 is 1.67 bits per heavy atom. The molecule has 2 aromatic carbocycles. The summed E-state index contributed by atoms with van der Waals surface area (Å²) in [5.74, 6) is -0.204. The number of benzene rings is 2. The van der Waals surface area contributed by atoms with Crippen LogP contribution in [0.1, 0.15) is 24.1 Å². The molecule has 2 aromatic rings. The molecule has 0 bridgehead atoms. The predicted molar refractivity (Wildman–Crippen MR) is 73.1 cm³/mol. The first-order valence-electron chi connectivity index (χ1n) is 5.88. The largest absolute Gasteiger partial charge is 0.306 e. The van der Waals surface area contributed by atoms with E-state index in [2.05, 4.69) is 12.2 Å². The van der Waals surface area contributed by atoms with Crippen LogP contribution in [-0.4, -0.2) is 0 Å². The third-order valence-corrected chi connectivity index (χ3v) is 3.15. The van der Waals surface area contributed by atoms with Crippen molar-refractivity contribution in [1.82, 2.24) is 5.32 Å². The maximum atomic E-state index is 12.8. The second-order valence-corrected chi connectivity index (χ2v) is 4.72. The van der Waals surface area contributed by atoms with E-state index < -0.39 is 0 Å². The lowest BCUT2D eigenvalue weighted by Gasteiger charge is -2.14. The van der Waals surface area contributed by atoms with Gasteiger partial charge in [-0.05, 0) is 42.3 Å². The van der Waals surface area contributed by atoms with Crippen LogP contribution >= 0.6 is 11.6 Å². The van der Waals surface area contributed by atoms with Gasteiger partial charge in [0.05, 0.1) is 0 Å². The standard InChI is InChI=1S/C15H15ClFN/c1-11(13-4-6-14(16)7-5-13)18-10-12-2-8-15(17)9-3-12/h2-9,11,18H,10H2,1H3. The average Bonchev–Trinajstić information content (AvgIpc) is 2.38. The Hall–Kier alpha value is -1.38. The van der Waals surface area contributed by atoms with Gasteiger partial charge < -0.3 is 5.32 Å². The molecule has 18 heavy (non-hydrogen) atoms. The molecule has 0 saturated carbocycles. The topological polar surface area (TPSA) is 12.0 Å². The van der Waals surface area contributed by atoms with E-state index in [-0.39, 0.29) is 11.9 Å². The van der Waals surface area contributed by atoms with E-state index in [0.29, 0.717) is 6.54 Å². The zero-order valence-corrected chi connectivity index (χ0v) is 10.9. The molecule has 0 aromatic heterocycles. The molecule has 3 heteroatoms. The fourth-order valence-electron chi connectivity index (χ4n) is 1.74. The van der Waals surface area contributed by atoms with Gasteiger partial charge in [0.2, 0.25) is 0 Å². The first-order valence-corrected chi connectivity index (χ1v) is 6.26. The van der Waals surface area contributed by atoms with E-state index in [9.17, 15) is 4.39 Å². The predicted octanol–water partition coefficient (Wildman–Crippen LogP) is 4.33. The van der Waals surface area contributed by atoms with Gasteiger partial charge in [0, 0.05) is 17.6 Å². The normalized spacial score (nSPS) is 12.4. The molecule has 0 heterocycles. The molecule has 0 aliphatic heterocycles. The molecule has 2 rings (SSSR count). The van der Waals surface area contributed by atoms with Crippen LogP contribution in [-0.2, 0) is 6.54 Å². The fraction of sp³-hybridized carbons (Fsp3) is 0.200. The Kier molecular flexibility index (Phi) is 4.34. The smallest absolute Gasteiger partial charge is 0.123 e. The summed E-state index contributed by atoms with van der Waals surface area (Å²) in [6.07, 6.45) is 0. The van der Waals surface area contributed by atoms with E-state index in [4.69, 9.17) is 11.6 Å². The van der Waals surface area contributed by atoms with Crippen LogP contribution < -0.4 is 5.32 Å². The molecule has 0 saturated heterocycles. The lowest BCUT2D eigenvalue weighted by molar-refractivity contribution is 0.573. The Balaban J connectivity index is 1.93. The van der Waals surface area contributed by atoms with Crippen LogP contribution in [0.4, 0.5) is 4.39 Å². The van der Waals surface area contributed by atoms with E-state index in [0.717, 1.165) is 10.6 Å². The fourth-order valence-corrected chi connectivity index (χ4v) is 1.87. The molecule has 0 fully saturated rings. The van der Waals surface area contributed by atoms with Gasteiger partial charge in [0.25, 0.3) is 0 Å². The second kappa shape index (κ2) is 5.98. The summed E-state index contributed by atoms with van der Waals surface area (Å²) in [5.41, 5.74) is 2.25. The zero-order valence-electron chi connectivity index (χ0n) is 10.2. The Labute approximate surface area is 112 Å². The average molecular weight is 264 g/mol. The van der Waals surface area contributed by atoms with Crippen molar-refractivity contribution in [2.45, 2.75) is 19.5 Å². The zero-order chi connectivity index (χ0) is 13.0. The molecule has 0 spiro atoms. The van der Waals surface area contributed by atoms with Crippen molar-refractivity contribution in [3.63, 3.8) is 0 Å². The van der Waals surface area contributed by atoms with Crippen molar-refractivity contribution < 1.29 is 4.39 Å². The molecular formula is C15H15ClFN. The Morgan fingerprint density at radius 1 is 1.06 bits per heavy atom. The number of hydrogen-bond acceptors (Lipinski definition) is 1. The van der Waals surface area contributed by atoms with E-state index in [1.807, 2.05) is 24.3 Å². The molecule has 0 amide bonds. The first-order chi connectivity index (χ1) is 8.65. The molecule has 0 aliphatic rings. The van der Waals surface area contributed by atoms with Crippen LogP contribution in [0.15, 0.2) is 48.5 Å². The highest BCUT2D eigenvalue weighted by Gasteiger charge is 2.04. The van der Waals surface area contributed by atoms with Crippen LogP contribution in [0.3, 0.4) is 0 Å². The number of hydrogen-bond donors (Lipinski definition) is 1. The summed E-state index contributed by atoms with van der Waals surface area (Å²) in [5, 5.41) is 4.13. The van der Waals surface area contributed by atoms with Crippen molar-refractivity contribution in [2.75, 3.05) is 0 Å². The van der Waals surface area contributed by atoms with Crippen molar-refractivity contribution in [3.8, 4) is 0 Å². The van der Waals surface area contributed by atoms with Gasteiger partial charge >= 0.3 is 0 Å². The summed E-state index contributed by atoms with van der Waals surface area (Å²) < 4.78 is 12.8. The molecule has 94 valence electrons. The minimum atomic E-state index is -0.204. The highest BCUT2D eigenvalue weighted by Crippen LogP contribution is 2.16. The van der Waals surface area contributed by atoms with Crippen LogP contribution in [0.5, 0.6) is 0 Å². The van der Waals surface area contributed by atoms with E-state index in [1.165, 1.54) is 17.7 Å². The molecular weight excluding hydrogens is 249 g/mol. The summed E-state index contributed by atoms with van der Waals surface area (Å²) in [6.45, 7) is 2.80. The molecule has 1 unspecified atom stereocenters. The number of halogens is 2. The molecule has 0 radical (unpaired) electrons. The van der Waals surface area contributed by atoms with E-state index in [1.54, 1.807) is 12.1 Å². The molecule has 0 aliphatic carbocycles. The number of nitrogens with one attached hydrogen (secondary N) is 1. The quantitative estimate of drug-likeness (QED) is 0.866. The SMILES string of the molecule is CC(NCc1ccc(F)cc1)c1ccc(Cl)cc1. The second-order valence-electron chi connectivity index (χ2n) is 4.28. The Bertz CT molecular complexity index is 493. The van der Waals surface area contributed by atoms with E-state index >= 15 is 0 Å². The Morgan fingerprint density at radius 3 is 2.28 bits per heavy atom. The minimum Gasteiger partial charge on any atom is -0.306 e. The van der Waals surface area contributed by atoms with Gasteiger partial charge in [-0.1, -0.05) is 35.9 Å². The van der Waals surface area contributed by atoms with Crippen molar-refractivity contribution in [2.24, 2.45) is 0 Å². The summed E-state index contributed by atoms with van der Waals surface area (Å²) in [7, 11) is 0. The van der Waals surface area contributed by atoms with Gasteiger partial charge in [-0.15, -0.1) is 0 Å². The monoisotopic (exact) mass is 263 g/mol. The van der Waals surface area contributed by atoms with Crippen LogP contribution in [0.2, 0.25) is 5.02 Å².